The normalized spacial score (nSPS) is 10.3. The van der Waals surface area contributed by atoms with Gasteiger partial charge in [0.05, 0.1) is 11.1 Å². The van der Waals surface area contributed by atoms with Crippen molar-refractivity contribution in [2.24, 2.45) is 0 Å². The summed E-state index contributed by atoms with van der Waals surface area (Å²) >= 11 is 0. The minimum atomic E-state index is -0.488. The molecule has 1 heterocycles. The lowest BCUT2D eigenvalue weighted by Crippen LogP contribution is -2.24. The molecule has 0 unspecified atom stereocenters. The first-order valence-corrected chi connectivity index (χ1v) is 8.06. The smallest absolute Gasteiger partial charge is 0.257 e. The fourth-order valence-electron chi connectivity index (χ4n) is 2.34. The van der Waals surface area contributed by atoms with Crippen LogP contribution in [0.15, 0.2) is 67.0 Å². The second kappa shape index (κ2) is 8.18. The number of carbonyl (C=O) groups excluding carboxylic acids is 2. The molecule has 0 bridgehead atoms. The number of aromatic nitrogens is 1. The average molecular weight is 367 g/mol. The van der Waals surface area contributed by atoms with Crippen LogP contribution in [0.2, 0.25) is 0 Å². The third-order valence-corrected chi connectivity index (χ3v) is 3.76. The van der Waals surface area contributed by atoms with E-state index in [0.717, 1.165) is 0 Å². The summed E-state index contributed by atoms with van der Waals surface area (Å²) in [5.41, 5.74) is 1.09. The second-order valence-corrected chi connectivity index (χ2v) is 5.70. The van der Waals surface area contributed by atoms with E-state index in [9.17, 15) is 18.4 Å². The number of carbonyl (C=O) groups is 2. The molecule has 0 aliphatic heterocycles. The van der Waals surface area contributed by atoms with Gasteiger partial charge in [-0.05, 0) is 36.4 Å². The molecule has 136 valence electrons. The van der Waals surface area contributed by atoms with Crippen molar-refractivity contribution >= 4 is 17.5 Å². The fraction of sp³-hybridized carbons (Fsp3) is 0.0500. The van der Waals surface area contributed by atoms with Crippen LogP contribution in [0, 0.1) is 11.6 Å². The molecule has 0 aliphatic carbocycles. The molecular weight excluding hydrogens is 352 g/mol. The number of rotatable bonds is 5. The molecule has 2 aromatic carbocycles. The number of anilines is 1. The summed E-state index contributed by atoms with van der Waals surface area (Å²) in [6.45, 7) is 0.0114. The van der Waals surface area contributed by atoms with Crippen LogP contribution >= 0.6 is 0 Å². The molecule has 0 atom stereocenters. The molecule has 0 saturated carbocycles. The summed E-state index contributed by atoms with van der Waals surface area (Å²) in [7, 11) is 0. The first kappa shape index (κ1) is 18.2. The van der Waals surface area contributed by atoms with E-state index in [1.165, 1.54) is 48.8 Å². The van der Waals surface area contributed by atoms with Crippen LogP contribution in [0.25, 0.3) is 0 Å². The molecule has 0 saturated heterocycles. The van der Waals surface area contributed by atoms with E-state index in [2.05, 4.69) is 15.6 Å². The highest BCUT2D eigenvalue weighted by Gasteiger charge is 2.12. The predicted molar refractivity (Wildman–Crippen MR) is 96.2 cm³/mol. The van der Waals surface area contributed by atoms with Gasteiger partial charge in [-0.2, -0.15) is 0 Å². The number of hydrogen-bond donors (Lipinski definition) is 2. The van der Waals surface area contributed by atoms with Crippen LogP contribution in [-0.2, 0) is 6.54 Å². The van der Waals surface area contributed by atoms with Crippen molar-refractivity contribution in [3.63, 3.8) is 0 Å². The van der Waals surface area contributed by atoms with Crippen LogP contribution in [0.4, 0.5) is 14.5 Å². The molecule has 0 radical (unpaired) electrons. The third kappa shape index (κ3) is 4.72. The molecule has 7 heteroatoms. The highest BCUT2D eigenvalue weighted by molar-refractivity contribution is 6.05. The van der Waals surface area contributed by atoms with Gasteiger partial charge in [0.1, 0.15) is 11.6 Å². The molecule has 2 amide bonds. The van der Waals surface area contributed by atoms with Gasteiger partial charge in [-0.1, -0.05) is 18.2 Å². The van der Waals surface area contributed by atoms with Gasteiger partial charge in [-0.3, -0.25) is 14.6 Å². The Hall–Kier alpha value is -3.61. The number of amides is 2. The van der Waals surface area contributed by atoms with Crippen LogP contribution < -0.4 is 10.6 Å². The Morgan fingerprint density at radius 1 is 0.889 bits per heavy atom. The van der Waals surface area contributed by atoms with Crippen LogP contribution in [0.5, 0.6) is 0 Å². The highest BCUT2D eigenvalue weighted by Crippen LogP contribution is 2.12. The van der Waals surface area contributed by atoms with Gasteiger partial charge in [-0.15, -0.1) is 0 Å². The Morgan fingerprint density at radius 2 is 1.56 bits per heavy atom. The van der Waals surface area contributed by atoms with E-state index in [4.69, 9.17) is 0 Å². The monoisotopic (exact) mass is 367 g/mol. The van der Waals surface area contributed by atoms with Crippen molar-refractivity contribution in [1.82, 2.24) is 10.3 Å². The highest BCUT2D eigenvalue weighted by atomic mass is 19.1. The lowest BCUT2D eigenvalue weighted by molar-refractivity contribution is 0.0950. The number of nitrogens with one attached hydrogen (secondary N) is 2. The quantitative estimate of drug-likeness (QED) is 0.725. The maximum Gasteiger partial charge on any atom is 0.257 e. The van der Waals surface area contributed by atoms with Gasteiger partial charge in [0.25, 0.3) is 11.8 Å². The van der Waals surface area contributed by atoms with E-state index >= 15 is 0 Å². The zero-order chi connectivity index (χ0) is 19.2. The van der Waals surface area contributed by atoms with Gasteiger partial charge >= 0.3 is 0 Å². The Labute approximate surface area is 154 Å². The van der Waals surface area contributed by atoms with E-state index < -0.39 is 23.4 Å². The Balaban J connectivity index is 1.67. The Bertz CT molecular complexity index is 975. The number of halogens is 2. The molecule has 0 spiro atoms. The molecule has 2 N–H and O–H groups in total. The van der Waals surface area contributed by atoms with Crippen molar-refractivity contribution in [2.45, 2.75) is 6.54 Å². The van der Waals surface area contributed by atoms with E-state index in [1.807, 2.05) is 0 Å². The number of hydrogen-bond acceptors (Lipinski definition) is 3. The SMILES string of the molecule is O=C(NCc1ccccc1F)c1cncc(C(=O)Nc2ccc(F)cc2)c1. The summed E-state index contributed by atoms with van der Waals surface area (Å²) in [5, 5.41) is 5.18. The molecule has 1 aromatic heterocycles. The Kier molecular flexibility index (Phi) is 5.51. The molecule has 0 aliphatic rings. The minimum Gasteiger partial charge on any atom is -0.348 e. The summed E-state index contributed by atoms with van der Waals surface area (Å²) in [5.74, 6) is -1.80. The fourth-order valence-corrected chi connectivity index (χ4v) is 2.34. The largest absolute Gasteiger partial charge is 0.348 e. The van der Waals surface area contributed by atoms with Crippen molar-refractivity contribution in [1.29, 1.82) is 0 Å². The topological polar surface area (TPSA) is 71.1 Å². The number of nitrogens with zero attached hydrogens (tertiary/aromatic N) is 1. The average Bonchev–Trinajstić information content (AvgIpc) is 2.69. The Morgan fingerprint density at radius 3 is 2.26 bits per heavy atom. The van der Waals surface area contributed by atoms with Crippen LogP contribution in [0.3, 0.4) is 0 Å². The standard InChI is InChI=1S/C20H15F2N3O2/c21-16-5-7-17(8-6-16)25-20(27)15-9-14(10-23-11-15)19(26)24-12-13-3-1-2-4-18(13)22/h1-11H,12H2,(H,24,26)(H,25,27). The first-order valence-electron chi connectivity index (χ1n) is 8.06. The van der Waals surface area contributed by atoms with Crippen molar-refractivity contribution in [2.75, 3.05) is 5.32 Å². The summed E-state index contributed by atoms with van der Waals surface area (Å²) < 4.78 is 26.5. The second-order valence-electron chi connectivity index (χ2n) is 5.70. The molecule has 27 heavy (non-hydrogen) atoms. The van der Waals surface area contributed by atoms with Crippen molar-refractivity contribution in [3.8, 4) is 0 Å². The van der Waals surface area contributed by atoms with Gasteiger partial charge in [0.15, 0.2) is 0 Å². The summed E-state index contributed by atoms with van der Waals surface area (Å²) in [4.78, 5) is 28.4. The summed E-state index contributed by atoms with van der Waals surface area (Å²) in [6, 6.07) is 12.8. The summed E-state index contributed by atoms with van der Waals surface area (Å²) in [6.07, 6.45) is 2.62. The maximum absolute atomic E-state index is 13.6. The first-order chi connectivity index (χ1) is 13.0. The van der Waals surface area contributed by atoms with E-state index in [-0.39, 0.29) is 17.7 Å². The lowest BCUT2D eigenvalue weighted by Gasteiger charge is -2.08. The van der Waals surface area contributed by atoms with Gasteiger partial charge in [-0.25, -0.2) is 8.78 Å². The van der Waals surface area contributed by atoms with E-state index in [1.54, 1.807) is 18.2 Å². The number of benzene rings is 2. The molecule has 3 rings (SSSR count). The molecule has 0 fully saturated rings. The van der Waals surface area contributed by atoms with Gasteiger partial charge in [0, 0.05) is 30.2 Å². The van der Waals surface area contributed by atoms with Crippen molar-refractivity contribution < 1.29 is 18.4 Å². The zero-order valence-electron chi connectivity index (χ0n) is 14.1. The van der Waals surface area contributed by atoms with Gasteiger partial charge in [0.2, 0.25) is 0 Å². The lowest BCUT2D eigenvalue weighted by atomic mass is 10.1. The zero-order valence-corrected chi connectivity index (χ0v) is 14.1. The predicted octanol–water partition coefficient (Wildman–Crippen LogP) is 3.54. The minimum absolute atomic E-state index is 0.0114. The molecular formula is C20H15F2N3O2. The van der Waals surface area contributed by atoms with Gasteiger partial charge < -0.3 is 10.6 Å². The number of pyridine rings is 1. The third-order valence-electron chi connectivity index (χ3n) is 3.76. The van der Waals surface area contributed by atoms with Crippen LogP contribution in [0.1, 0.15) is 26.3 Å². The van der Waals surface area contributed by atoms with Crippen LogP contribution in [-0.4, -0.2) is 16.8 Å². The molecule has 3 aromatic rings. The molecule has 5 nitrogen and oxygen atoms in total. The maximum atomic E-state index is 13.6. The van der Waals surface area contributed by atoms with Crippen molar-refractivity contribution in [3.05, 3.63) is 95.3 Å². The van der Waals surface area contributed by atoms with E-state index in [0.29, 0.717) is 11.3 Å².